The minimum atomic E-state index is -0.868. The molecule has 0 aromatic carbocycles. The van der Waals surface area contributed by atoms with Crippen LogP contribution in [0.4, 0.5) is 11.8 Å². The number of hydrogen-bond donors (Lipinski definition) is 4. The highest BCUT2D eigenvalue weighted by Crippen LogP contribution is 2.47. The van der Waals surface area contributed by atoms with Crippen molar-refractivity contribution in [3.63, 3.8) is 0 Å². The highest BCUT2D eigenvalue weighted by Gasteiger charge is 2.46. The Morgan fingerprint density at radius 2 is 1.57 bits per heavy atom. The molecular formula is C28H43N7O7. The number of aromatic nitrogens is 2. The molecule has 232 valence electrons. The number of ether oxygens (including phenoxy) is 1. The monoisotopic (exact) mass is 589 g/mol. The highest BCUT2D eigenvalue weighted by atomic mass is 16.5. The lowest BCUT2D eigenvalue weighted by molar-refractivity contribution is -0.126. The van der Waals surface area contributed by atoms with Gasteiger partial charge in [-0.2, -0.15) is 0 Å². The maximum Gasteiger partial charge on any atom is 0.246 e. The quantitative estimate of drug-likeness (QED) is 0.339. The van der Waals surface area contributed by atoms with Crippen molar-refractivity contribution in [1.29, 1.82) is 0 Å². The van der Waals surface area contributed by atoms with E-state index in [0.29, 0.717) is 55.8 Å². The van der Waals surface area contributed by atoms with Crippen molar-refractivity contribution in [1.82, 2.24) is 25.0 Å². The molecule has 0 radical (unpaired) electrons. The second-order valence-electron chi connectivity index (χ2n) is 11.9. The molecule has 0 spiro atoms. The molecule has 6 rings (SSSR count). The summed E-state index contributed by atoms with van der Waals surface area (Å²) < 4.78 is 15.6. The van der Waals surface area contributed by atoms with E-state index in [4.69, 9.17) is 13.8 Å². The number of hydrogen-bond acceptors (Lipinski definition) is 12. The third-order valence-electron chi connectivity index (χ3n) is 9.05. The van der Waals surface area contributed by atoms with Crippen LogP contribution in [0.2, 0.25) is 0 Å². The van der Waals surface area contributed by atoms with Crippen LogP contribution in [0.5, 0.6) is 0 Å². The summed E-state index contributed by atoms with van der Waals surface area (Å²) in [5.41, 5.74) is 0.106. The van der Waals surface area contributed by atoms with Gasteiger partial charge in [0.15, 0.2) is 0 Å². The van der Waals surface area contributed by atoms with Crippen molar-refractivity contribution in [3.05, 3.63) is 23.5 Å². The van der Waals surface area contributed by atoms with Gasteiger partial charge in [0.05, 0.1) is 25.5 Å². The number of nitrogens with one attached hydrogen (secondary N) is 2. The van der Waals surface area contributed by atoms with Gasteiger partial charge in [-0.3, -0.25) is 30.0 Å². The lowest BCUT2D eigenvalue weighted by Gasteiger charge is -2.37. The molecule has 2 unspecified atom stereocenters. The van der Waals surface area contributed by atoms with Gasteiger partial charge < -0.3 is 28.9 Å². The smallest absolute Gasteiger partial charge is 0.246 e. The zero-order chi connectivity index (χ0) is 29.9. The van der Waals surface area contributed by atoms with E-state index in [1.807, 2.05) is 19.0 Å². The van der Waals surface area contributed by atoms with Crippen LogP contribution < -0.4 is 10.6 Å². The van der Waals surface area contributed by atoms with E-state index in [2.05, 4.69) is 37.7 Å². The molecule has 2 aromatic heterocycles. The largest absolute Gasteiger partial charge is 0.395 e. The zero-order valence-electron chi connectivity index (χ0n) is 24.7. The fraction of sp³-hybridized carbons (Fsp3) is 0.714. The number of nitrogens with zero attached hydrogens (tertiary/aromatic N) is 5. The van der Waals surface area contributed by atoms with Crippen molar-refractivity contribution in [3.8, 4) is 0 Å². The predicted molar refractivity (Wildman–Crippen MR) is 152 cm³/mol. The SMILES string of the molecule is CCN1CCN(C)C(C(=O)Nc2cc(C3(O)CCC3)no2)C1.CN1CCOCC1C(=O)Nc1cc(C2(CO)CC2)no1. The van der Waals surface area contributed by atoms with Gasteiger partial charge in [-0.25, -0.2) is 0 Å². The Hall–Kier alpha value is -2.88. The Labute approximate surface area is 245 Å². The van der Waals surface area contributed by atoms with Crippen LogP contribution in [0, 0.1) is 0 Å². The summed E-state index contributed by atoms with van der Waals surface area (Å²) in [6.45, 7) is 7.42. The molecule has 14 nitrogen and oxygen atoms in total. The minimum absolute atomic E-state index is 0.0616. The molecule has 4 aliphatic rings. The fourth-order valence-electron chi connectivity index (χ4n) is 5.42. The van der Waals surface area contributed by atoms with E-state index in [-0.39, 0.29) is 35.9 Å². The molecule has 4 N–H and O–H groups in total. The molecule has 42 heavy (non-hydrogen) atoms. The predicted octanol–water partition coefficient (Wildman–Crippen LogP) is 0.588. The van der Waals surface area contributed by atoms with Crippen molar-refractivity contribution < 1.29 is 33.6 Å². The minimum Gasteiger partial charge on any atom is -0.395 e. The molecule has 2 aromatic rings. The molecular weight excluding hydrogens is 546 g/mol. The molecule has 4 fully saturated rings. The van der Waals surface area contributed by atoms with E-state index >= 15 is 0 Å². The van der Waals surface area contributed by atoms with Gasteiger partial charge in [0.25, 0.3) is 0 Å². The number of anilines is 2. The Morgan fingerprint density at radius 3 is 2.14 bits per heavy atom. The average Bonchev–Trinajstić information content (AvgIpc) is 3.38. The Morgan fingerprint density at radius 1 is 0.952 bits per heavy atom. The van der Waals surface area contributed by atoms with Crippen LogP contribution in [0.3, 0.4) is 0 Å². The van der Waals surface area contributed by atoms with Gasteiger partial charge in [0.2, 0.25) is 23.6 Å². The number of amides is 2. The number of aliphatic hydroxyl groups is 2. The first-order valence-electron chi connectivity index (χ1n) is 14.8. The van der Waals surface area contributed by atoms with Crippen LogP contribution in [-0.2, 0) is 25.3 Å². The van der Waals surface area contributed by atoms with Crippen LogP contribution in [-0.4, -0.2) is 126 Å². The van der Waals surface area contributed by atoms with E-state index < -0.39 is 5.60 Å². The molecule has 2 atom stereocenters. The number of piperazine rings is 1. The highest BCUT2D eigenvalue weighted by molar-refractivity contribution is 5.94. The Kier molecular flexibility index (Phi) is 9.30. The van der Waals surface area contributed by atoms with Gasteiger partial charge in [0, 0.05) is 43.7 Å². The van der Waals surface area contributed by atoms with Crippen molar-refractivity contribution in [2.45, 2.75) is 62.1 Å². The molecule has 14 heteroatoms. The summed E-state index contributed by atoms with van der Waals surface area (Å²) >= 11 is 0. The molecule has 2 saturated heterocycles. The van der Waals surface area contributed by atoms with E-state index in [1.54, 1.807) is 12.1 Å². The second-order valence-corrected chi connectivity index (χ2v) is 11.9. The molecule has 2 aliphatic heterocycles. The van der Waals surface area contributed by atoms with Crippen LogP contribution in [0.15, 0.2) is 21.2 Å². The van der Waals surface area contributed by atoms with Crippen LogP contribution in [0.25, 0.3) is 0 Å². The van der Waals surface area contributed by atoms with Crippen molar-refractivity contribution >= 4 is 23.6 Å². The molecule has 2 saturated carbocycles. The summed E-state index contributed by atoms with van der Waals surface area (Å²) in [6, 6.07) is 2.82. The topological polar surface area (TPSA) is 170 Å². The van der Waals surface area contributed by atoms with Crippen molar-refractivity contribution in [2.75, 3.05) is 77.3 Å². The third kappa shape index (κ3) is 6.68. The van der Waals surface area contributed by atoms with E-state index in [9.17, 15) is 19.8 Å². The van der Waals surface area contributed by atoms with Crippen LogP contribution in [0.1, 0.15) is 50.4 Å². The first-order chi connectivity index (χ1) is 20.2. The van der Waals surface area contributed by atoms with Gasteiger partial charge in [0.1, 0.15) is 23.4 Å². The van der Waals surface area contributed by atoms with Gasteiger partial charge in [-0.1, -0.05) is 17.2 Å². The first-order valence-corrected chi connectivity index (χ1v) is 14.8. The fourth-order valence-corrected chi connectivity index (χ4v) is 5.42. The van der Waals surface area contributed by atoms with E-state index in [1.165, 1.54) is 0 Å². The molecule has 0 bridgehead atoms. The second kappa shape index (κ2) is 12.8. The number of morpholine rings is 1. The summed E-state index contributed by atoms with van der Waals surface area (Å²) in [6.07, 6.45) is 4.20. The lowest BCUT2D eigenvalue weighted by Crippen LogP contribution is -2.56. The Bertz CT molecular complexity index is 1220. The normalized spacial score (nSPS) is 25.5. The van der Waals surface area contributed by atoms with Gasteiger partial charge in [-0.15, -0.1) is 0 Å². The Balaban J connectivity index is 0.000000169. The van der Waals surface area contributed by atoms with E-state index in [0.717, 1.165) is 45.4 Å². The van der Waals surface area contributed by atoms with Gasteiger partial charge in [-0.05, 0) is 52.7 Å². The first kappa shape index (κ1) is 30.6. The maximum atomic E-state index is 12.5. The third-order valence-corrected chi connectivity index (χ3v) is 9.05. The summed E-state index contributed by atoms with van der Waals surface area (Å²) in [7, 11) is 3.85. The molecule has 2 aliphatic carbocycles. The number of carbonyl (C=O) groups excluding carboxylic acids is 2. The molecule has 2 amide bonds. The summed E-state index contributed by atoms with van der Waals surface area (Å²) in [5.74, 6) is 0.374. The van der Waals surface area contributed by atoms with Gasteiger partial charge >= 0.3 is 0 Å². The van der Waals surface area contributed by atoms with Crippen LogP contribution >= 0.6 is 0 Å². The number of carbonyl (C=O) groups is 2. The van der Waals surface area contributed by atoms with Crippen molar-refractivity contribution in [2.24, 2.45) is 0 Å². The number of rotatable bonds is 8. The number of likely N-dealkylation sites (N-methyl/N-ethyl adjacent to an activating group) is 3. The zero-order valence-corrected chi connectivity index (χ0v) is 24.7. The summed E-state index contributed by atoms with van der Waals surface area (Å²) in [4.78, 5) is 30.9. The standard InChI is InChI=1S/C15H24N4O3.C13H19N3O4/c1-3-19-8-7-18(2)11(10-19)14(20)16-13-9-12(17-22-13)15(21)5-4-6-15;1-16-4-5-19-7-9(16)12(18)14-11-6-10(15-20-11)13(8-17)2-3-13/h9,11,21H,3-8,10H2,1-2H3,(H,16,20);6,9,17H,2-5,7-8H2,1H3,(H,14,18). The average molecular weight is 590 g/mol. The molecule has 4 heterocycles. The summed E-state index contributed by atoms with van der Waals surface area (Å²) in [5, 5.41) is 32.9. The lowest BCUT2D eigenvalue weighted by atomic mass is 9.78. The maximum absolute atomic E-state index is 12.5. The number of aliphatic hydroxyl groups excluding tert-OH is 1.